The van der Waals surface area contributed by atoms with Gasteiger partial charge in [0.2, 0.25) is 11.6 Å². The zero-order valence-electron chi connectivity index (χ0n) is 22.0. The Morgan fingerprint density at radius 2 is 1.18 bits per heavy atom. The molecule has 0 radical (unpaired) electrons. The fourth-order valence-corrected chi connectivity index (χ4v) is 4.66. The summed E-state index contributed by atoms with van der Waals surface area (Å²) >= 11 is 12.2. The molecule has 2 aromatic carbocycles. The molecule has 2 aromatic rings. The molecule has 0 aromatic heterocycles. The molecule has 0 unspecified atom stereocenters. The highest BCUT2D eigenvalue weighted by molar-refractivity contribution is 6.34. The highest BCUT2D eigenvalue weighted by Gasteiger charge is 2.34. The maximum Gasteiger partial charge on any atom is 0.345 e. The van der Waals surface area contributed by atoms with E-state index >= 15 is 0 Å². The number of carbonyl (C=O) groups excluding carboxylic acids is 4. The van der Waals surface area contributed by atoms with E-state index in [2.05, 4.69) is 6.92 Å². The van der Waals surface area contributed by atoms with Crippen LogP contribution in [-0.2, 0) is 19.1 Å². The Morgan fingerprint density at radius 1 is 0.692 bits per heavy atom. The van der Waals surface area contributed by atoms with E-state index in [4.69, 9.17) is 32.7 Å². The third-order valence-electron chi connectivity index (χ3n) is 6.37. The number of ether oxygens (including phenoxy) is 2. The third-order valence-corrected chi connectivity index (χ3v) is 7.03. The number of hydrogen-bond acceptors (Lipinski definition) is 6. The molecule has 0 saturated carbocycles. The van der Waals surface area contributed by atoms with Crippen LogP contribution in [0.5, 0.6) is 0 Å². The molecule has 6 nitrogen and oxygen atoms in total. The molecule has 0 N–H and O–H groups in total. The summed E-state index contributed by atoms with van der Waals surface area (Å²) in [7, 11) is 0. The number of halogens is 2. The number of Topliss-reactive ketones (excluding diaryl/α,β-unsaturated/α-hetero) is 1. The van der Waals surface area contributed by atoms with Gasteiger partial charge in [0.25, 0.3) is 0 Å². The number of ketones is 2. The van der Waals surface area contributed by atoms with Gasteiger partial charge in [0.1, 0.15) is 0 Å². The van der Waals surface area contributed by atoms with Gasteiger partial charge in [0.05, 0.1) is 26.7 Å². The average molecular weight is 571 g/mol. The zero-order valence-corrected chi connectivity index (χ0v) is 23.5. The Bertz CT molecular complexity index is 1280. The molecule has 39 heavy (non-hydrogen) atoms. The average Bonchev–Trinajstić information content (AvgIpc) is 2.92. The molecule has 0 amide bonds. The molecule has 1 aliphatic rings. The normalized spacial score (nSPS) is 13.4. The lowest BCUT2D eigenvalue weighted by atomic mass is 9.94. The Morgan fingerprint density at radius 3 is 1.72 bits per heavy atom. The number of hydrogen-bond donors (Lipinski definition) is 0. The van der Waals surface area contributed by atoms with E-state index in [0.29, 0.717) is 6.42 Å². The third kappa shape index (κ3) is 8.64. The molecule has 0 saturated heterocycles. The van der Waals surface area contributed by atoms with Crippen molar-refractivity contribution in [2.24, 2.45) is 0 Å². The van der Waals surface area contributed by atoms with Crippen LogP contribution in [0.4, 0.5) is 0 Å². The molecule has 0 atom stereocenters. The minimum atomic E-state index is -0.869. The fraction of sp³-hybridized carbons (Fsp3) is 0.355. The minimum absolute atomic E-state index is 0.00666. The molecule has 0 bridgehead atoms. The number of esters is 2. The predicted molar refractivity (Wildman–Crippen MR) is 151 cm³/mol. The second kappa shape index (κ2) is 15.4. The van der Waals surface area contributed by atoms with E-state index in [9.17, 15) is 19.2 Å². The van der Waals surface area contributed by atoms with Crippen LogP contribution in [0.3, 0.4) is 0 Å². The van der Waals surface area contributed by atoms with Gasteiger partial charge >= 0.3 is 11.9 Å². The molecule has 0 aliphatic heterocycles. The van der Waals surface area contributed by atoms with Gasteiger partial charge in [-0.25, -0.2) is 9.59 Å². The van der Waals surface area contributed by atoms with Gasteiger partial charge in [0.15, 0.2) is 11.5 Å². The van der Waals surface area contributed by atoms with Crippen LogP contribution in [0.15, 0.2) is 71.7 Å². The number of rotatable bonds is 14. The maximum atomic E-state index is 13.4. The van der Waals surface area contributed by atoms with E-state index < -0.39 is 29.3 Å². The van der Waals surface area contributed by atoms with E-state index in [-0.39, 0.29) is 38.9 Å². The Kier molecular flexibility index (Phi) is 12.0. The first-order valence-electron chi connectivity index (χ1n) is 13.3. The molecule has 0 fully saturated rings. The smallest absolute Gasteiger partial charge is 0.345 e. The van der Waals surface area contributed by atoms with Crippen molar-refractivity contribution >= 4 is 46.7 Å². The Balaban J connectivity index is 1.74. The van der Waals surface area contributed by atoms with Crippen molar-refractivity contribution in [3.8, 4) is 0 Å². The summed E-state index contributed by atoms with van der Waals surface area (Å²) in [5.41, 5.74) is 0.114. The van der Waals surface area contributed by atoms with Gasteiger partial charge in [-0.1, -0.05) is 106 Å². The quantitative estimate of drug-likeness (QED) is 0.129. The van der Waals surface area contributed by atoms with Crippen LogP contribution in [0, 0.1) is 0 Å². The summed E-state index contributed by atoms with van der Waals surface area (Å²) < 4.78 is 10.7. The standard InChI is InChI=1S/C31H32Cl2O6/c1-2-3-4-5-6-7-8-9-10-17-23-28(35)27(38-30(36)21-15-11-13-18-24(21)32)20-26(34)29(23)39-31(37)22-16-12-14-19-25(22)33/h11-16,18-20H,2-10,17H2,1H3. The highest BCUT2D eigenvalue weighted by atomic mass is 35.5. The predicted octanol–water partition coefficient (Wildman–Crippen LogP) is 8.22. The van der Waals surface area contributed by atoms with Crippen LogP contribution in [0.1, 0.15) is 91.8 Å². The molecular weight excluding hydrogens is 539 g/mol. The first kappa shape index (κ1) is 30.3. The summed E-state index contributed by atoms with van der Waals surface area (Å²) in [5, 5.41) is 0.306. The van der Waals surface area contributed by atoms with Crippen molar-refractivity contribution in [1.82, 2.24) is 0 Å². The van der Waals surface area contributed by atoms with Crippen molar-refractivity contribution in [2.75, 3.05) is 0 Å². The van der Waals surface area contributed by atoms with Crippen LogP contribution in [0.25, 0.3) is 0 Å². The summed E-state index contributed by atoms with van der Waals surface area (Å²) in [6.07, 6.45) is 10.6. The number of carbonyl (C=O) groups is 4. The van der Waals surface area contributed by atoms with Crippen LogP contribution < -0.4 is 0 Å². The van der Waals surface area contributed by atoms with Crippen molar-refractivity contribution in [1.29, 1.82) is 0 Å². The topological polar surface area (TPSA) is 86.7 Å². The Labute approximate surface area is 239 Å². The second-order valence-corrected chi connectivity index (χ2v) is 10.1. The molecule has 3 rings (SSSR count). The molecular formula is C31H32Cl2O6. The molecule has 0 heterocycles. The molecule has 206 valence electrons. The lowest BCUT2D eigenvalue weighted by Gasteiger charge is -2.19. The van der Waals surface area contributed by atoms with Crippen molar-refractivity contribution < 1.29 is 28.7 Å². The molecule has 8 heteroatoms. The molecule has 0 spiro atoms. The summed E-state index contributed by atoms with van der Waals surface area (Å²) in [4.78, 5) is 51.9. The summed E-state index contributed by atoms with van der Waals surface area (Å²) in [5.74, 6) is -3.96. The van der Waals surface area contributed by atoms with Gasteiger partial charge < -0.3 is 9.47 Å². The van der Waals surface area contributed by atoms with E-state index in [0.717, 1.165) is 31.8 Å². The van der Waals surface area contributed by atoms with Gasteiger partial charge in [-0.2, -0.15) is 0 Å². The fourth-order valence-electron chi connectivity index (χ4n) is 4.23. The van der Waals surface area contributed by atoms with E-state index in [1.165, 1.54) is 49.9 Å². The summed E-state index contributed by atoms with van der Waals surface area (Å²) in [6.45, 7) is 2.18. The number of unbranched alkanes of at least 4 members (excludes halogenated alkanes) is 8. The number of allylic oxidation sites excluding steroid dienone is 2. The zero-order chi connectivity index (χ0) is 28.2. The monoisotopic (exact) mass is 570 g/mol. The first-order valence-corrected chi connectivity index (χ1v) is 14.1. The van der Waals surface area contributed by atoms with Gasteiger partial charge in [-0.05, 0) is 37.1 Å². The van der Waals surface area contributed by atoms with Crippen LogP contribution in [0.2, 0.25) is 10.0 Å². The SMILES string of the molecule is CCCCCCCCCCCC1=C(OC(=O)c2ccccc2Cl)C(=O)C=C(OC(=O)c2ccccc2Cl)C1=O. The first-order chi connectivity index (χ1) is 18.8. The lowest BCUT2D eigenvalue weighted by molar-refractivity contribution is -0.119. The van der Waals surface area contributed by atoms with Gasteiger partial charge in [0, 0.05) is 6.08 Å². The Hall–Kier alpha value is -3.22. The van der Waals surface area contributed by atoms with Gasteiger partial charge in [-0.3, -0.25) is 9.59 Å². The van der Waals surface area contributed by atoms with E-state index in [1.54, 1.807) is 24.3 Å². The largest absolute Gasteiger partial charge is 0.419 e. The highest BCUT2D eigenvalue weighted by Crippen LogP contribution is 2.29. The van der Waals surface area contributed by atoms with Crippen LogP contribution >= 0.6 is 23.2 Å². The maximum absolute atomic E-state index is 13.4. The van der Waals surface area contributed by atoms with Crippen molar-refractivity contribution in [3.63, 3.8) is 0 Å². The second-order valence-electron chi connectivity index (χ2n) is 9.33. The van der Waals surface area contributed by atoms with Crippen molar-refractivity contribution in [3.05, 3.63) is 92.9 Å². The summed E-state index contributed by atoms with van der Waals surface area (Å²) in [6, 6.07) is 12.5. The van der Waals surface area contributed by atoms with Gasteiger partial charge in [-0.15, -0.1) is 0 Å². The van der Waals surface area contributed by atoms with Crippen molar-refractivity contribution in [2.45, 2.75) is 71.1 Å². The van der Waals surface area contributed by atoms with Crippen LogP contribution in [-0.4, -0.2) is 23.5 Å². The number of benzene rings is 2. The molecule has 1 aliphatic carbocycles. The lowest BCUT2D eigenvalue weighted by Crippen LogP contribution is -2.25. The minimum Gasteiger partial charge on any atom is -0.419 e. The van der Waals surface area contributed by atoms with E-state index in [1.807, 2.05) is 0 Å².